The third kappa shape index (κ3) is 4.40. The first kappa shape index (κ1) is 21.6. The first-order valence-electron chi connectivity index (χ1n) is 10.0. The topological polar surface area (TPSA) is 89.9 Å². The van der Waals surface area contributed by atoms with Crippen LogP contribution in [-0.4, -0.2) is 37.3 Å². The first-order chi connectivity index (χ1) is 15.1. The lowest BCUT2D eigenvalue weighted by Crippen LogP contribution is -2.51. The zero-order valence-electron chi connectivity index (χ0n) is 17.2. The van der Waals surface area contributed by atoms with Crippen molar-refractivity contribution in [3.8, 4) is 11.8 Å². The predicted molar refractivity (Wildman–Crippen MR) is 117 cm³/mol. The van der Waals surface area contributed by atoms with Crippen LogP contribution in [0.3, 0.4) is 0 Å². The van der Waals surface area contributed by atoms with Gasteiger partial charge in [-0.3, -0.25) is 0 Å². The second-order valence-corrected chi connectivity index (χ2v) is 8.74. The molecule has 3 atom stereocenters. The van der Waals surface area contributed by atoms with Crippen LogP contribution in [0.4, 0.5) is 4.39 Å². The summed E-state index contributed by atoms with van der Waals surface area (Å²) in [5.41, 5.74) is 6.75. The van der Waals surface area contributed by atoms with Crippen LogP contribution in [0.2, 0.25) is 0 Å². The SMILES string of the molecule is COc1cc(F)c(C23CO[C@@H](COCc4ccccc4)C[C@H]2CSC(N)=N3)cc1C#N. The van der Waals surface area contributed by atoms with E-state index in [0.717, 1.165) is 5.56 Å². The molecule has 1 saturated heterocycles. The van der Waals surface area contributed by atoms with Crippen molar-refractivity contribution >= 4 is 16.9 Å². The Labute approximate surface area is 185 Å². The fourth-order valence-electron chi connectivity index (χ4n) is 4.19. The molecule has 0 saturated carbocycles. The van der Waals surface area contributed by atoms with E-state index in [4.69, 9.17) is 19.9 Å². The molecule has 1 unspecified atom stereocenters. The zero-order valence-corrected chi connectivity index (χ0v) is 18.0. The summed E-state index contributed by atoms with van der Waals surface area (Å²) in [6.07, 6.45) is 0.542. The largest absolute Gasteiger partial charge is 0.495 e. The molecular weight excluding hydrogens is 417 g/mol. The summed E-state index contributed by atoms with van der Waals surface area (Å²) < 4.78 is 32.2. The summed E-state index contributed by atoms with van der Waals surface area (Å²) in [6, 6.07) is 14.8. The zero-order chi connectivity index (χ0) is 21.8. The Balaban J connectivity index is 1.55. The second kappa shape index (κ2) is 9.27. The predicted octanol–water partition coefficient (Wildman–Crippen LogP) is 3.58. The van der Waals surface area contributed by atoms with Gasteiger partial charge in [-0.1, -0.05) is 42.1 Å². The average molecular weight is 442 g/mol. The maximum absolute atomic E-state index is 15.1. The van der Waals surface area contributed by atoms with E-state index in [-0.39, 0.29) is 29.9 Å². The number of rotatable bonds is 6. The lowest BCUT2D eigenvalue weighted by atomic mass is 9.74. The van der Waals surface area contributed by atoms with Gasteiger partial charge in [0.05, 0.1) is 38.6 Å². The summed E-state index contributed by atoms with van der Waals surface area (Å²) in [7, 11) is 1.41. The minimum atomic E-state index is -0.965. The van der Waals surface area contributed by atoms with Crippen LogP contribution in [0.15, 0.2) is 47.5 Å². The highest BCUT2D eigenvalue weighted by Crippen LogP contribution is 2.47. The van der Waals surface area contributed by atoms with Crippen LogP contribution < -0.4 is 10.5 Å². The van der Waals surface area contributed by atoms with Gasteiger partial charge in [-0.05, 0) is 18.1 Å². The van der Waals surface area contributed by atoms with Gasteiger partial charge >= 0.3 is 0 Å². The third-order valence-corrected chi connectivity index (χ3v) is 6.75. The number of thioether (sulfide) groups is 1. The lowest BCUT2D eigenvalue weighted by Gasteiger charge is -2.46. The van der Waals surface area contributed by atoms with Gasteiger partial charge in [-0.15, -0.1) is 0 Å². The number of nitrogens with zero attached hydrogens (tertiary/aromatic N) is 2. The molecule has 0 aromatic heterocycles. The highest BCUT2D eigenvalue weighted by Gasteiger charge is 2.49. The monoisotopic (exact) mass is 441 g/mol. The standard InChI is InChI=1S/C23H24FN3O3S/c1-28-21-9-20(24)19(7-16(21)10-25)23-14-30-18(8-17(23)13-31-22(26)27-23)12-29-11-15-5-3-2-4-6-15/h2-7,9,17-18H,8,11-14H2,1H3,(H2,26,27)/t17-,18+,23?/m0/s1. The normalized spacial score (nSPS) is 25.3. The van der Waals surface area contributed by atoms with Crippen molar-refractivity contribution in [1.29, 1.82) is 5.26 Å². The number of methoxy groups -OCH3 is 1. The van der Waals surface area contributed by atoms with Gasteiger partial charge in [0.25, 0.3) is 0 Å². The van der Waals surface area contributed by atoms with Crippen LogP contribution in [0.25, 0.3) is 0 Å². The number of nitriles is 1. The van der Waals surface area contributed by atoms with Crippen LogP contribution in [0, 0.1) is 23.1 Å². The van der Waals surface area contributed by atoms with E-state index in [1.165, 1.54) is 31.0 Å². The van der Waals surface area contributed by atoms with E-state index in [9.17, 15) is 5.26 Å². The summed E-state index contributed by atoms with van der Waals surface area (Å²) >= 11 is 1.46. The highest BCUT2D eigenvalue weighted by molar-refractivity contribution is 8.13. The number of ether oxygens (including phenoxy) is 3. The number of halogens is 1. The lowest BCUT2D eigenvalue weighted by molar-refractivity contribution is -0.0927. The number of fused-ring (bicyclic) bond motifs is 1. The molecule has 0 amide bonds. The maximum atomic E-state index is 15.1. The van der Waals surface area contributed by atoms with E-state index >= 15 is 4.39 Å². The Morgan fingerprint density at radius 3 is 2.90 bits per heavy atom. The molecule has 2 aliphatic rings. The molecule has 2 heterocycles. The molecule has 2 N–H and O–H groups in total. The van der Waals surface area contributed by atoms with E-state index in [2.05, 4.69) is 11.1 Å². The van der Waals surface area contributed by atoms with Crippen LogP contribution >= 0.6 is 11.8 Å². The van der Waals surface area contributed by atoms with E-state index in [0.29, 0.717) is 36.1 Å². The third-order valence-electron chi connectivity index (χ3n) is 5.80. The fraction of sp³-hybridized carbons (Fsp3) is 0.391. The molecule has 2 aliphatic heterocycles. The van der Waals surface area contributed by atoms with Crippen molar-refractivity contribution in [2.24, 2.45) is 16.6 Å². The van der Waals surface area contributed by atoms with Crippen molar-refractivity contribution < 1.29 is 18.6 Å². The molecule has 0 spiro atoms. The molecule has 31 heavy (non-hydrogen) atoms. The number of aliphatic imine (C=N–C) groups is 1. The molecule has 6 nitrogen and oxygen atoms in total. The molecule has 8 heteroatoms. The van der Waals surface area contributed by atoms with Crippen molar-refractivity contribution in [3.63, 3.8) is 0 Å². The molecule has 0 radical (unpaired) electrons. The van der Waals surface area contributed by atoms with Gasteiger partial charge in [-0.2, -0.15) is 5.26 Å². The fourth-order valence-corrected chi connectivity index (χ4v) is 5.20. The number of hydrogen-bond donors (Lipinski definition) is 1. The Hall–Kier alpha value is -2.60. The van der Waals surface area contributed by atoms with Crippen molar-refractivity contribution in [2.75, 3.05) is 26.1 Å². The van der Waals surface area contributed by atoms with Gasteiger partial charge in [0.2, 0.25) is 0 Å². The smallest absolute Gasteiger partial charge is 0.154 e. The molecule has 0 bridgehead atoms. The van der Waals surface area contributed by atoms with E-state index < -0.39 is 11.4 Å². The van der Waals surface area contributed by atoms with Crippen LogP contribution in [0.5, 0.6) is 5.75 Å². The Morgan fingerprint density at radius 1 is 1.35 bits per heavy atom. The minimum Gasteiger partial charge on any atom is -0.495 e. The number of benzene rings is 2. The van der Waals surface area contributed by atoms with Crippen molar-refractivity contribution in [1.82, 2.24) is 0 Å². The number of amidine groups is 1. The van der Waals surface area contributed by atoms with Gasteiger partial charge in [-0.25, -0.2) is 9.38 Å². The van der Waals surface area contributed by atoms with Gasteiger partial charge < -0.3 is 19.9 Å². The molecular formula is C23H24FN3O3S. The second-order valence-electron chi connectivity index (χ2n) is 7.70. The summed E-state index contributed by atoms with van der Waals surface area (Å²) in [5.74, 6) is 0.411. The van der Waals surface area contributed by atoms with E-state index in [1.807, 2.05) is 30.3 Å². The Bertz CT molecular complexity index is 1010. The maximum Gasteiger partial charge on any atom is 0.154 e. The molecule has 2 aromatic carbocycles. The Kier molecular flexibility index (Phi) is 6.46. The van der Waals surface area contributed by atoms with E-state index in [1.54, 1.807) is 0 Å². The molecule has 162 valence electrons. The van der Waals surface area contributed by atoms with Crippen molar-refractivity contribution in [2.45, 2.75) is 24.7 Å². The molecule has 1 fully saturated rings. The summed E-state index contributed by atoms with van der Waals surface area (Å²) in [6.45, 7) is 1.13. The summed E-state index contributed by atoms with van der Waals surface area (Å²) in [4.78, 5) is 4.66. The molecule has 2 aromatic rings. The first-order valence-corrected chi connectivity index (χ1v) is 11.0. The van der Waals surface area contributed by atoms with Crippen LogP contribution in [0.1, 0.15) is 23.1 Å². The summed E-state index contributed by atoms with van der Waals surface area (Å²) in [5, 5.41) is 9.87. The van der Waals surface area contributed by atoms with Gasteiger partial charge in [0.1, 0.15) is 23.2 Å². The quantitative estimate of drug-likeness (QED) is 0.737. The number of hydrogen-bond acceptors (Lipinski definition) is 7. The molecule has 0 aliphatic carbocycles. The average Bonchev–Trinajstić information content (AvgIpc) is 2.79. The minimum absolute atomic E-state index is 0.00156. The van der Waals surface area contributed by atoms with Crippen LogP contribution in [-0.2, 0) is 21.6 Å². The van der Waals surface area contributed by atoms with Crippen molar-refractivity contribution in [3.05, 3.63) is 65.0 Å². The van der Waals surface area contributed by atoms with Gasteiger partial charge in [0, 0.05) is 23.3 Å². The highest BCUT2D eigenvalue weighted by atomic mass is 32.2. The molecule has 4 rings (SSSR count). The Morgan fingerprint density at radius 2 is 2.16 bits per heavy atom. The number of nitrogens with two attached hydrogens (primary N) is 1. The van der Waals surface area contributed by atoms with Gasteiger partial charge in [0.15, 0.2) is 5.17 Å².